The van der Waals surface area contributed by atoms with Gasteiger partial charge in [0.1, 0.15) is 5.60 Å². The highest BCUT2D eigenvalue weighted by atomic mass is 16.5. The van der Waals surface area contributed by atoms with Crippen molar-refractivity contribution in [3.05, 3.63) is 11.7 Å². The van der Waals surface area contributed by atoms with E-state index < -0.39 is 0 Å². The van der Waals surface area contributed by atoms with Crippen molar-refractivity contribution in [3.63, 3.8) is 0 Å². The van der Waals surface area contributed by atoms with E-state index in [1.54, 1.807) is 7.11 Å². The van der Waals surface area contributed by atoms with Crippen LogP contribution < -0.4 is 5.32 Å². The van der Waals surface area contributed by atoms with Gasteiger partial charge in [0.15, 0.2) is 0 Å². The fourth-order valence-electron chi connectivity index (χ4n) is 3.20. The molecule has 2 heterocycles. The molecular formula is C14H23N3O2. The lowest BCUT2D eigenvalue weighted by Crippen LogP contribution is -2.34. The van der Waals surface area contributed by atoms with E-state index in [2.05, 4.69) is 22.4 Å². The summed E-state index contributed by atoms with van der Waals surface area (Å²) in [6.07, 6.45) is 6.57. The van der Waals surface area contributed by atoms with Crippen LogP contribution in [0.15, 0.2) is 4.52 Å². The Morgan fingerprint density at radius 1 is 1.32 bits per heavy atom. The second kappa shape index (κ2) is 5.21. The summed E-state index contributed by atoms with van der Waals surface area (Å²) in [5, 5.41) is 7.59. The Kier molecular flexibility index (Phi) is 3.58. The molecular weight excluding hydrogens is 242 g/mol. The number of aromatic nitrogens is 2. The lowest BCUT2D eigenvalue weighted by molar-refractivity contribution is -0.0609. The molecule has 1 aliphatic carbocycles. The standard InChI is InChI=1S/C14H23N3O2/c1-10-5-7-14(18-2,8-6-10)13-16-12(19-17-13)11-4-3-9-15-11/h10-11,15H,3-9H2,1-2H3. The van der Waals surface area contributed by atoms with Gasteiger partial charge in [-0.1, -0.05) is 12.1 Å². The molecule has 0 radical (unpaired) electrons. The third-order valence-corrected chi connectivity index (χ3v) is 4.68. The molecule has 1 N–H and O–H groups in total. The quantitative estimate of drug-likeness (QED) is 0.910. The Morgan fingerprint density at radius 2 is 2.11 bits per heavy atom. The highest BCUT2D eigenvalue weighted by Crippen LogP contribution is 2.41. The van der Waals surface area contributed by atoms with Crippen LogP contribution in [-0.4, -0.2) is 23.8 Å². The van der Waals surface area contributed by atoms with Crippen LogP contribution in [0.3, 0.4) is 0 Å². The number of ether oxygens (including phenoxy) is 1. The summed E-state index contributed by atoms with van der Waals surface area (Å²) in [6.45, 7) is 3.33. The van der Waals surface area contributed by atoms with Gasteiger partial charge in [-0.05, 0) is 51.0 Å². The smallest absolute Gasteiger partial charge is 0.243 e. The lowest BCUT2D eigenvalue weighted by Gasteiger charge is -2.35. The molecule has 106 valence electrons. The van der Waals surface area contributed by atoms with Crippen LogP contribution in [0, 0.1) is 5.92 Å². The van der Waals surface area contributed by atoms with Crippen LogP contribution in [0.2, 0.25) is 0 Å². The molecule has 1 atom stereocenters. The molecule has 1 saturated heterocycles. The summed E-state index contributed by atoms with van der Waals surface area (Å²) in [5.74, 6) is 2.24. The minimum Gasteiger partial charge on any atom is -0.370 e. The van der Waals surface area contributed by atoms with E-state index in [0.29, 0.717) is 0 Å². The average molecular weight is 265 g/mol. The second-order valence-electron chi connectivity index (χ2n) is 5.99. The largest absolute Gasteiger partial charge is 0.370 e. The van der Waals surface area contributed by atoms with Crippen molar-refractivity contribution < 1.29 is 9.26 Å². The number of hydrogen-bond acceptors (Lipinski definition) is 5. The fraction of sp³-hybridized carbons (Fsp3) is 0.857. The third-order valence-electron chi connectivity index (χ3n) is 4.68. The molecule has 5 heteroatoms. The molecule has 1 aromatic heterocycles. The zero-order valence-corrected chi connectivity index (χ0v) is 11.8. The van der Waals surface area contributed by atoms with Crippen molar-refractivity contribution in [2.75, 3.05) is 13.7 Å². The van der Waals surface area contributed by atoms with E-state index in [1.165, 1.54) is 19.3 Å². The Balaban J connectivity index is 1.79. The Labute approximate surface area is 114 Å². The Morgan fingerprint density at radius 3 is 2.74 bits per heavy atom. The minimum atomic E-state index is -0.327. The highest BCUT2D eigenvalue weighted by Gasteiger charge is 2.40. The second-order valence-corrected chi connectivity index (χ2v) is 5.99. The predicted octanol–water partition coefficient (Wildman–Crippen LogP) is 2.55. The predicted molar refractivity (Wildman–Crippen MR) is 70.6 cm³/mol. The number of methoxy groups -OCH3 is 1. The number of hydrogen-bond donors (Lipinski definition) is 1. The maximum atomic E-state index is 5.78. The van der Waals surface area contributed by atoms with Crippen molar-refractivity contribution in [3.8, 4) is 0 Å². The molecule has 1 aromatic rings. The molecule has 3 rings (SSSR count). The third kappa shape index (κ3) is 2.41. The topological polar surface area (TPSA) is 60.2 Å². The van der Waals surface area contributed by atoms with Crippen molar-refractivity contribution in [2.24, 2.45) is 5.92 Å². The first-order valence-corrected chi connectivity index (χ1v) is 7.36. The van der Waals surface area contributed by atoms with E-state index in [1.807, 2.05) is 0 Å². The number of nitrogens with zero attached hydrogens (tertiary/aromatic N) is 2. The fourth-order valence-corrected chi connectivity index (χ4v) is 3.20. The molecule has 0 spiro atoms. The van der Waals surface area contributed by atoms with Gasteiger partial charge in [-0.3, -0.25) is 0 Å². The summed E-state index contributed by atoms with van der Waals surface area (Å²) in [6, 6.07) is 0.234. The minimum absolute atomic E-state index is 0.234. The normalized spacial score (nSPS) is 35.7. The van der Waals surface area contributed by atoms with Gasteiger partial charge in [-0.15, -0.1) is 0 Å². The van der Waals surface area contributed by atoms with Crippen molar-refractivity contribution in [1.29, 1.82) is 0 Å². The van der Waals surface area contributed by atoms with Gasteiger partial charge >= 0.3 is 0 Å². The summed E-state index contributed by atoms with van der Waals surface area (Å²) in [5.41, 5.74) is -0.327. The van der Waals surface area contributed by atoms with Crippen LogP contribution in [0.25, 0.3) is 0 Å². The first-order chi connectivity index (χ1) is 9.23. The van der Waals surface area contributed by atoms with Crippen LogP contribution in [0.1, 0.15) is 63.2 Å². The van der Waals surface area contributed by atoms with Gasteiger partial charge in [0.05, 0.1) is 6.04 Å². The molecule has 1 saturated carbocycles. The SMILES string of the molecule is COC1(c2noc(C3CCCN3)n2)CCC(C)CC1. The lowest BCUT2D eigenvalue weighted by atomic mass is 9.79. The maximum Gasteiger partial charge on any atom is 0.243 e. The van der Waals surface area contributed by atoms with Gasteiger partial charge in [-0.2, -0.15) is 4.98 Å². The zero-order chi connectivity index (χ0) is 13.3. The van der Waals surface area contributed by atoms with E-state index in [0.717, 1.165) is 43.4 Å². The van der Waals surface area contributed by atoms with Gasteiger partial charge < -0.3 is 14.6 Å². The summed E-state index contributed by atoms with van der Waals surface area (Å²) >= 11 is 0. The number of nitrogens with one attached hydrogen (secondary N) is 1. The van der Waals surface area contributed by atoms with Gasteiger partial charge in [0.25, 0.3) is 0 Å². The monoisotopic (exact) mass is 265 g/mol. The van der Waals surface area contributed by atoms with Crippen LogP contribution in [-0.2, 0) is 10.3 Å². The first kappa shape index (κ1) is 13.1. The van der Waals surface area contributed by atoms with E-state index in [4.69, 9.17) is 9.26 Å². The van der Waals surface area contributed by atoms with Gasteiger partial charge in [0, 0.05) is 7.11 Å². The molecule has 1 aliphatic heterocycles. The first-order valence-electron chi connectivity index (χ1n) is 7.36. The van der Waals surface area contributed by atoms with E-state index in [9.17, 15) is 0 Å². The maximum absolute atomic E-state index is 5.78. The average Bonchev–Trinajstić information content (AvgIpc) is 3.11. The summed E-state index contributed by atoms with van der Waals surface area (Å²) < 4.78 is 11.2. The summed E-state index contributed by atoms with van der Waals surface area (Å²) in [7, 11) is 1.76. The Hall–Kier alpha value is -0.940. The molecule has 1 unspecified atom stereocenters. The molecule has 5 nitrogen and oxygen atoms in total. The van der Waals surface area contributed by atoms with Gasteiger partial charge in [-0.25, -0.2) is 0 Å². The molecule has 19 heavy (non-hydrogen) atoms. The van der Waals surface area contributed by atoms with Crippen LogP contribution in [0.4, 0.5) is 0 Å². The zero-order valence-electron chi connectivity index (χ0n) is 11.8. The Bertz CT molecular complexity index is 418. The number of rotatable bonds is 3. The molecule has 0 aromatic carbocycles. The van der Waals surface area contributed by atoms with Crippen LogP contribution >= 0.6 is 0 Å². The van der Waals surface area contributed by atoms with Crippen LogP contribution in [0.5, 0.6) is 0 Å². The molecule has 0 bridgehead atoms. The van der Waals surface area contributed by atoms with E-state index >= 15 is 0 Å². The van der Waals surface area contributed by atoms with Crippen molar-refractivity contribution in [2.45, 2.75) is 57.1 Å². The summed E-state index contributed by atoms with van der Waals surface area (Å²) in [4.78, 5) is 4.62. The molecule has 2 aliphatic rings. The van der Waals surface area contributed by atoms with E-state index in [-0.39, 0.29) is 11.6 Å². The van der Waals surface area contributed by atoms with Gasteiger partial charge in [0.2, 0.25) is 11.7 Å². The van der Waals surface area contributed by atoms with Crippen molar-refractivity contribution >= 4 is 0 Å². The highest BCUT2D eigenvalue weighted by molar-refractivity contribution is 5.06. The molecule has 0 amide bonds. The molecule has 2 fully saturated rings. The van der Waals surface area contributed by atoms with Crippen molar-refractivity contribution in [1.82, 2.24) is 15.5 Å².